The molecule has 0 amide bonds. The van der Waals surface area contributed by atoms with Gasteiger partial charge in [-0.1, -0.05) is 19.1 Å². The van der Waals surface area contributed by atoms with E-state index in [-0.39, 0.29) is 22.6 Å². The number of nitrogens with one attached hydrogen (secondary N) is 1. The predicted molar refractivity (Wildman–Crippen MR) is 96.0 cm³/mol. The number of ether oxygens (including phenoxy) is 1. The molecular formula is C17H18N4O3S. The Kier molecular flexibility index (Phi) is 4.54. The standard InChI is InChI=1S/C17H18N4O3S/c1-4-11-6-8-12(9-7-11)20-16(23)18-14-13(15(22)24-5-2)10(3)19-21(14)17(20)25/h6-9H,4-5H2,1-3H3,(H,18,23). The molecule has 130 valence electrons. The van der Waals surface area contributed by atoms with E-state index in [4.69, 9.17) is 17.0 Å². The highest BCUT2D eigenvalue weighted by molar-refractivity contribution is 7.71. The normalized spacial score (nSPS) is 11.0. The van der Waals surface area contributed by atoms with E-state index in [1.54, 1.807) is 13.8 Å². The topological polar surface area (TPSA) is 81.4 Å². The maximum atomic E-state index is 12.6. The average molecular weight is 358 g/mol. The zero-order valence-electron chi connectivity index (χ0n) is 14.2. The van der Waals surface area contributed by atoms with Crippen molar-refractivity contribution in [3.05, 3.63) is 56.3 Å². The Morgan fingerprint density at radius 1 is 1.28 bits per heavy atom. The lowest BCUT2D eigenvalue weighted by Gasteiger charge is -2.08. The van der Waals surface area contributed by atoms with Crippen LogP contribution in [0.4, 0.5) is 0 Å². The molecule has 3 rings (SSSR count). The number of aryl methyl sites for hydroxylation is 2. The van der Waals surface area contributed by atoms with Crippen LogP contribution in [0.1, 0.15) is 35.5 Å². The molecule has 0 aliphatic rings. The zero-order chi connectivity index (χ0) is 18.1. The molecule has 1 N–H and O–H groups in total. The van der Waals surface area contributed by atoms with E-state index in [0.717, 1.165) is 12.0 Å². The van der Waals surface area contributed by atoms with Crippen LogP contribution in [0.2, 0.25) is 0 Å². The number of aromatic nitrogens is 4. The van der Waals surface area contributed by atoms with Crippen LogP contribution in [0.3, 0.4) is 0 Å². The second-order valence-electron chi connectivity index (χ2n) is 5.51. The van der Waals surface area contributed by atoms with Gasteiger partial charge in [0.05, 0.1) is 18.0 Å². The van der Waals surface area contributed by atoms with Crippen molar-refractivity contribution >= 4 is 23.8 Å². The smallest absolute Gasteiger partial charge is 0.343 e. The van der Waals surface area contributed by atoms with E-state index in [1.165, 1.54) is 9.08 Å². The van der Waals surface area contributed by atoms with Crippen molar-refractivity contribution < 1.29 is 9.53 Å². The first-order valence-electron chi connectivity index (χ1n) is 7.99. The van der Waals surface area contributed by atoms with E-state index < -0.39 is 11.7 Å². The molecule has 0 radical (unpaired) electrons. The van der Waals surface area contributed by atoms with E-state index in [1.807, 2.05) is 24.3 Å². The number of carbonyl (C=O) groups is 1. The minimum atomic E-state index is -0.537. The summed E-state index contributed by atoms with van der Waals surface area (Å²) in [5.41, 5.74) is 2.26. The van der Waals surface area contributed by atoms with Gasteiger partial charge in [0.2, 0.25) is 4.77 Å². The van der Waals surface area contributed by atoms with Crippen molar-refractivity contribution in [2.24, 2.45) is 0 Å². The quantitative estimate of drug-likeness (QED) is 0.573. The van der Waals surface area contributed by atoms with Gasteiger partial charge in [0.1, 0.15) is 5.56 Å². The second kappa shape index (κ2) is 6.64. The minimum Gasteiger partial charge on any atom is -0.462 e. The van der Waals surface area contributed by atoms with Crippen molar-refractivity contribution in [3.63, 3.8) is 0 Å². The number of nitrogens with zero attached hydrogens (tertiary/aromatic N) is 3. The van der Waals surface area contributed by atoms with E-state index >= 15 is 0 Å². The van der Waals surface area contributed by atoms with Crippen LogP contribution >= 0.6 is 12.2 Å². The number of hydrogen-bond donors (Lipinski definition) is 1. The summed E-state index contributed by atoms with van der Waals surface area (Å²) in [5.74, 6) is -0.537. The molecule has 0 aliphatic heterocycles. The Balaban J connectivity index is 2.25. The molecule has 0 atom stereocenters. The molecule has 25 heavy (non-hydrogen) atoms. The van der Waals surface area contributed by atoms with Crippen molar-refractivity contribution in [1.82, 2.24) is 19.2 Å². The summed E-state index contributed by atoms with van der Waals surface area (Å²) in [6.45, 7) is 5.68. The Labute approximate surface area is 148 Å². The number of esters is 1. The first-order valence-corrected chi connectivity index (χ1v) is 8.39. The fraction of sp³-hybridized carbons (Fsp3) is 0.294. The van der Waals surface area contributed by atoms with Gasteiger partial charge >= 0.3 is 11.7 Å². The van der Waals surface area contributed by atoms with E-state index in [0.29, 0.717) is 11.4 Å². The van der Waals surface area contributed by atoms with Gasteiger partial charge in [-0.3, -0.25) is 4.98 Å². The molecule has 0 spiro atoms. The van der Waals surface area contributed by atoms with Gasteiger partial charge in [0.25, 0.3) is 0 Å². The summed E-state index contributed by atoms with van der Waals surface area (Å²) >= 11 is 5.44. The van der Waals surface area contributed by atoms with Gasteiger partial charge in [-0.2, -0.15) is 9.61 Å². The fourth-order valence-corrected chi connectivity index (χ4v) is 3.00. The molecule has 0 fully saturated rings. The van der Waals surface area contributed by atoms with Gasteiger partial charge in [-0.25, -0.2) is 14.2 Å². The maximum Gasteiger partial charge on any atom is 0.343 e. The monoisotopic (exact) mass is 358 g/mol. The largest absolute Gasteiger partial charge is 0.462 e. The fourth-order valence-electron chi connectivity index (χ4n) is 2.68. The molecule has 8 heteroatoms. The number of hydrogen-bond acceptors (Lipinski definition) is 5. The number of fused-ring (bicyclic) bond motifs is 1. The summed E-state index contributed by atoms with van der Waals surface area (Å²) in [6, 6.07) is 7.55. The first kappa shape index (κ1) is 17.1. The maximum absolute atomic E-state index is 12.6. The predicted octanol–water partition coefficient (Wildman–Crippen LogP) is 2.59. The SMILES string of the molecule is CCOC(=O)c1c(C)nn2c(=S)n(-c3ccc(CC)cc3)c(=O)[nH]c12. The summed E-state index contributed by atoms with van der Waals surface area (Å²) in [7, 11) is 0. The van der Waals surface area contributed by atoms with Crippen LogP contribution in [-0.4, -0.2) is 31.7 Å². The number of benzene rings is 1. The van der Waals surface area contributed by atoms with Crippen molar-refractivity contribution in [1.29, 1.82) is 0 Å². The number of H-pyrrole nitrogens is 1. The highest BCUT2D eigenvalue weighted by atomic mass is 32.1. The average Bonchev–Trinajstić information content (AvgIpc) is 2.92. The van der Waals surface area contributed by atoms with Gasteiger partial charge in [0, 0.05) is 0 Å². The molecule has 7 nitrogen and oxygen atoms in total. The van der Waals surface area contributed by atoms with Crippen LogP contribution in [0.5, 0.6) is 0 Å². The first-order chi connectivity index (χ1) is 12.0. The van der Waals surface area contributed by atoms with Gasteiger partial charge in [0.15, 0.2) is 5.65 Å². The van der Waals surface area contributed by atoms with E-state index in [9.17, 15) is 9.59 Å². The lowest BCUT2D eigenvalue weighted by molar-refractivity contribution is 0.0527. The van der Waals surface area contributed by atoms with Gasteiger partial charge < -0.3 is 4.74 Å². The highest BCUT2D eigenvalue weighted by Crippen LogP contribution is 2.16. The van der Waals surface area contributed by atoms with Gasteiger partial charge in [-0.05, 0) is 50.2 Å². The minimum absolute atomic E-state index is 0.182. The molecule has 0 saturated carbocycles. The molecule has 2 heterocycles. The third kappa shape index (κ3) is 2.89. The summed E-state index contributed by atoms with van der Waals surface area (Å²) in [5, 5.41) is 4.30. The summed E-state index contributed by atoms with van der Waals surface area (Å²) in [4.78, 5) is 27.4. The lowest BCUT2D eigenvalue weighted by Crippen LogP contribution is -2.25. The highest BCUT2D eigenvalue weighted by Gasteiger charge is 2.21. The third-order valence-electron chi connectivity index (χ3n) is 3.94. The lowest BCUT2D eigenvalue weighted by atomic mass is 10.1. The molecule has 3 aromatic rings. The Morgan fingerprint density at radius 2 is 1.96 bits per heavy atom. The number of aromatic amines is 1. The number of rotatable bonds is 4. The van der Waals surface area contributed by atoms with Crippen molar-refractivity contribution in [2.75, 3.05) is 6.61 Å². The van der Waals surface area contributed by atoms with Crippen LogP contribution in [0.15, 0.2) is 29.1 Å². The van der Waals surface area contributed by atoms with E-state index in [2.05, 4.69) is 17.0 Å². The third-order valence-corrected chi connectivity index (χ3v) is 4.30. The molecular weight excluding hydrogens is 340 g/mol. The molecule has 0 bridgehead atoms. The van der Waals surface area contributed by atoms with Gasteiger partial charge in [-0.15, -0.1) is 0 Å². The number of carbonyl (C=O) groups excluding carboxylic acids is 1. The van der Waals surface area contributed by atoms with Crippen molar-refractivity contribution in [3.8, 4) is 5.69 Å². The zero-order valence-corrected chi connectivity index (χ0v) is 15.0. The Hall–Kier alpha value is -2.74. The molecule has 2 aromatic heterocycles. The Morgan fingerprint density at radius 3 is 2.56 bits per heavy atom. The molecule has 0 saturated heterocycles. The Bertz CT molecular complexity index is 1060. The van der Waals surface area contributed by atoms with Crippen LogP contribution < -0.4 is 5.69 Å². The molecule has 0 unspecified atom stereocenters. The molecule has 1 aromatic carbocycles. The van der Waals surface area contributed by atoms with Crippen LogP contribution in [0, 0.1) is 11.7 Å². The molecule has 0 aliphatic carbocycles. The van der Waals surface area contributed by atoms with Crippen LogP contribution in [-0.2, 0) is 11.2 Å². The summed E-state index contributed by atoms with van der Waals surface area (Å²) in [6.07, 6.45) is 0.905. The second-order valence-corrected chi connectivity index (χ2v) is 5.87. The van der Waals surface area contributed by atoms with Crippen molar-refractivity contribution in [2.45, 2.75) is 27.2 Å². The summed E-state index contributed by atoms with van der Waals surface area (Å²) < 4.78 is 7.95. The van der Waals surface area contributed by atoms with Crippen LogP contribution in [0.25, 0.3) is 11.3 Å².